The minimum absolute atomic E-state index is 0.0804. The Labute approximate surface area is 126 Å². The monoisotopic (exact) mass is 294 g/mol. The number of hydrogen-bond acceptors (Lipinski definition) is 3. The van der Waals surface area contributed by atoms with E-state index in [4.69, 9.17) is 4.74 Å². The molecule has 0 aromatic carbocycles. The second-order valence-corrected chi connectivity index (χ2v) is 8.11. The molecule has 1 N–H and O–H groups in total. The number of rotatable bonds is 1. The molecule has 0 bridgehead atoms. The van der Waals surface area contributed by atoms with Crippen molar-refractivity contribution in [1.82, 2.24) is 10.2 Å². The van der Waals surface area contributed by atoms with Crippen molar-refractivity contribution in [1.29, 1.82) is 0 Å². The highest BCUT2D eigenvalue weighted by Crippen LogP contribution is 2.61. The predicted octanol–water partition coefficient (Wildman–Crippen LogP) is 2.30. The fourth-order valence-electron chi connectivity index (χ4n) is 4.08. The van der Waals surface area contributed by atoms with Gasteiger partial charge in [-0.2, -0.15) is 0 Å². The van der Waals surface area contributed by atoms with Gasteiger partial charge in [-0.15, -0.1) is 0 Å². The van der Waals surface area contributed by atoms with E-state index in [2.05, 4.69) is 12.2 Å². The van der Waals surface area contributed by atoms with E-state index in [9.17, 15) is 9.59 Å². The molecule has 3 fully saturated rings. The van der Waals surface area contributed by atoms with E-state index in [1.165, 1.54) is 6.42 Å². The molecule has 2 heterocycles. The van der Waals surface area contributed by atoms with E-state index in [1.807, 2.05) is 25.7 Å². The Kier molecular flexibility index (Phi) is 3.22. The maximum atomic E-state index is 12.7. The molecule has 118 valence electrons. The Morgan fingerprint density at radius 2 is 2.10 bits per heavy atom. The van der Waals surface area contributed by atoms with E-state index in [0.717, 1.165) is 25.8 Å². The van der Waals surface area contributed by atoms with Crippen LogP contribution < -0.4 is 5.32 Å². The van der Waals surface area contributed by atoms with E-state index in [1.54, 1.807) is 0 Å². The summed E-state index contributed by atoms with van der Waals surface area (Å²) in [6, 6.07) is -0.0362. The largest absolute Gasteiger partial charge is 0.444 e. The molecule has 2 saturated heterocycles. The van der Waals surface area contributed by atoms with Gasteiger partial charge in [0.2, 0.25) is 5.91 Å². The highest BCUT2D eigenvalue weighted by atomic mass is 16.6. The normalized spacial score (nSPS) is 38.4. The van der Waals surface area contributed by atoms with Crippen LogP contribution in [0.5, 0.6) is 0 Å². The van der Waals surface area contributed by atoms with Crippen LogP contribution in [-0.2, 0) is 9.53 Å². The number of fused-ring (bicyclic) bond motifs is 3. The molecule has 3 rings (SSSR count). The summed E-state index contributed by atoms with van der Waals surface area (Å²) in [5.74, 6) is 0.700. The molecule has 0 radical (unpaired) electrons. The van der Waals surface area contributed by atoms with Crippen LogP contribution in [0.1, 0.15) is 53.4 Å². The Morgan fingerprint density at radius 3 is 2.76 bits per heavy atom. The van der Waals surface area contributed by atoms with Crippen LogP contribution in [0.2, 0.25) is 0 Å². The van der Waals surface area contributed by atoms with Gasteiger partial charge in [0, 0.05) is 12.6 Å². The smallest absolute Gasteiger partial charge is 0.408 e. The van der Waals surface area contributed by atoms with Crippen LogP contribution in [0, 0.1) is 11.3 Å². The molecule has 0 aromatic rings. The summed E-state index contributed by atoms with van der Waals surface area (Å²) >= 11 is 0. The fourth-order valence-corrected chi connectivity index (χ4v) is 4.08. The lowest BCUT2D eigenvalue weighted by Gasteiger charge is -2.28. The third kappa shape index (κ3) is 2.74. The van der Waals surface area contributed by atoms with Gasteiger partial charge in [-0.1, -0.05) is 6.92 Å². The Morgan fingerprint density at radius 1 is 1.38 bits per heavy atom. The average molecular weight is 294 g/mol. The molecule has 0 unspecified atom stereocenters. The van der Waals surface area contributed by atoms with Crippen LogP contribution in [0.25, 0.3) is 0 Å². The van der Waals surface area contributed by atoms with Gasteiger partial charge in [0.05, 0.1) is 0 Å². The second-order valence-electron chi connectivity index (χ2n) is 8.11. The SMILES string of the molecule is CC(C)(C)OC(=O)N[C@H]1C[C@@]2(C)C[C@H]2[C@H]2CCCN2C1=O. The summed E-state index contributed by atoms with van der Waals surface area (Å²) in [6.45, 7) is 8.57. The van der Waals surface area contributed by atoms with Gasteiger partial charge in [0.25, 0.3) is 0 Å². The maximum Gasteiger partial charge on any atom is 0.408 e. The van der Waals surface area contributed by atoms with Crippen LogP contribution in [0.15, 0.2) is 0 Å². The standard InChI is InChI=1S/C16H26N2O3/c1-15(2,3)21-14(20)17-11-9-16(4)8-10(16)12-6-5-7-18(12)13(11)19/h10-12H,5-9H2,1-4H3,(H,17,20)/t10-,11-,12+,16+/m0/s1. The first-order valence-electron chi connectivity index (χ1n) is 8.00. The van der Waals surface area contributed by atoms with Gasteiger partial charge in [-0.25, -0.2) is 4.79 Å². The lowest BCUT2D eigenvalue weighted by molar-refractivity contribution is -0.134. The van der Waals surface area contributed by atoms with Crippen molar-refractivity contribution in [3.8, 4) is 0 Å². The fraction of sp³-hybridized carbons (Fsp3) is 0.875. The zero-order valence-corrected chi connectivity index (χ0v) is 13.4. The van der Waals surface area contributed by atoms with Crippen molar-refractivity contribution in [3.63, 3.8) is 0 Å². The van der Waals surface area contributed by atoms with Gasteiger partial charge in [-0.05, 0) is 57.8 Å². The molecular weight excluding hydrogens is 268 g/mol. The first kappa shape index (κ1) is 14.7. The van der Waals surface area contributed by atoms with Gasteiger partial charge >= 0.3 is 6.09 Å². The van der Waals surface area contributed by atoms with E-state index < -0.39 is 17.7 Å². The summed E-state index contributed by atoms with van der Waals surface area (Å²) < 4.78 is 5.30. The first-order chi connectivity index (χ1) is 9.70. The van der Waals surface area contributed by atoms with Crippen molar-refractivity contribution in [2.45, 2.75) is 71.1 Å². The molecule has 0 aromatic heterocycles. The van der Waals surface area contributed by atoms with Gasteiger partial charge in [-0.3, -0.25) is 4.79 Å². The maximum absolute atomic E-state index is 12.7. The van der Waals surface area contributed by atoms with Crippen LogP contribution >= 0.6 is 0 Å². The van der Waals surface area contributed by atoms with Crippen molar-refractivity contribution in [2.24, 2.45) is 11.3 Å². The molecule has 4 atom stereocenters. The summed E-state index contributed by atoms with van der Waals surface area (Å²) in [7, 11) is 0. The molecule has 21 heavy (non-hydrogen) atoms. The number of alkyl carbamates (subject to hydrolysis) is 1. The zero-order chi connectivity index (χ0) is 15.4. The molecule has 5 nitrogen and oxygen atoms in total. The second kappa shape index (κ2) is 4.62. The quantitative estimate of drug-likeness (QED) is 0.807. The van der Waals surface area contributed by atoms with Crippen LogP contribution in [0.3, 0.4) is 0 Å². The average Bonchev–Trinajstić information content (AvgIpc) is 2.82. The van der Waals surface area contributed by atoms with Crippen molar-refractivity contribution >= 4 is 12.0 Å². The summed E-state index contributed by atoms with van der Waals surface area (Å²) in [5.41, 5.74) is -0.334. The molecular formula is C16H26N2O3. The van der Waals surface area contributed by atoms with Crippen molar-refractivity contribution < 1.29 is 14.3 Å². The molecule has 2 amide bonds. The highest BCUT2D eigenvalue weighted by molar-refractivity contribution is 5.87. The number of carbonyl (C=O) groups is 2. The predicted molar refractivity (Wildman–Crippen MR) is 78.7 cm³/mol. The first-order valence-corrected chi connectivity index (χ1v) is 8.00. The Hall–Kier alpha value is -1.26. The van der Waals surface area contributed by atoms with E-state index >= 15 is 0 Å². The number of amides is 2. The summed E-state index contributed by atoms with van der Waals surface area (Å²) in [6.07, 6.45) is 3.63. The molecule has 0 spiro atoms. The number of carbonyl (C=O) groups excluding carboxylic acids is 2. The molecule has 5 heteroatoms. The lowest BCUT2D eigenvalue weighted by atomic mass is 9.95. The Bertz CT molecular complexity index is 471. The minimum Gasteiger partial charge on any atom is -0.444 e. The van der Waals surface area contributed by atoms with E-state index in [-0.39, 0.29) is 11.3 Å². The minimum atomic E-state index is -0.542. The number of nitrogens with zero attached hydrogens (tertiary/aromatic N) is 1. The number of hydrogen-bond donors (Lipinski definition) is 1. The van der Waals surface area contributed by atoms with Gasteiger partial charge in [0.1, 0.15) is 11.6 Å². The third-order valence-electron chi connectivity index (χ3n) is 5.13. The van der Waals surface area contributed by atoms with Crippen molar-refractivity contribution in [3.05, 3.63) is 0 Å². The van der Waals surface area contributed by atoms with Crippen LogP contribution in [0.4, 0.5) is 4.79 Å². The van der Waals surface area contributed by atoms with E-state index in [0.29, 0.717) is 12.0 Å². The van der Waals surface area contributed by atoms with Crippen molar-refractivity contribution in [2.75, 3.05) is 6.54 Å². The van der Waals surface area contributed by atoms with Gasteiger partial charge in [0.15, 0.2) is 0 Å². The molecule has 1 saturated carbocycles. The highest BCUT2D eigenvalue weighted by Gasteiger charge is 2.60. The lowest BCUT2D eigenvalue weighted by Crippen LogP contribution is -2.50. The summed E-state index contributed by atoms with van der Waals surface area (Å²) in [4.78, 5) is 26.7. The number of ether oxygens (including phenoxy) is 1. The zero-order valence-electron chi connectivity index (χ0n) is 13.4. The summed E-state index contributed by atoms with van der Waals surface area (Å²) in [5, 5.41) is 2.81. The third-order valence-corrected chi connectivity index (χ3v) is 5.13. The topological polar surface area (TPSA) is 58.6 Å². The van der Waals surface area contributed by atoms with Gasteiger partial charge < -0.3 is 15.0 Å². The molecule has 2 aliphatic heterocycles. The molecule has 3 aliphatic rings. The number of nitrogens with one attached hydrogen (secondary N) is 1. The molecule has 1 aliphatic carbocycles. The van der Waals surface area contributed by atoms with Crippen LogP contribution in [-0.4, -0.2) is 41.1 Å². The Balaban J connectivity index is 1.72.